The minimum atomic E-state index is 0.455. The molecule has 3 aliphatic rings. The smallest absolute Gasteiger partial charge is 0.0627 e. The van der Waals surface area contributed by atoms with Gasteiger partial charge in [0, 0.05) is 20.9 Å². The second-order valence-corrected chi connectivity index (χ2v) is 6.40. The standard InChI is InChI=1S/C17H14IN/c18-12-9-10-17-15(11-12)14-7-4-8-16(14)19(17)13-5-2-1-3-6-13/h1-6,8-11,15,17H,7H2. The summed E-state index contributed by atoms with van der Waals surface area (Å²) in [5, 5.41) is 0. The summed E-state index contributed by atoms with van der Waals surface area (Å²) in [7, 11) is 0. The summed E-state index contributed by atoms with van der Waals surface area (Å²) in [5.74, 6) is 0.544. The molecule has 1 aromatic rings. The van der Waals surface area contributed by atoms with Crippen LogP contribution in [0.3, 0.4) is 0 Å². The quantitative estimate of drug-likeness (QED) is 0.663. The van der Waals surface area contributed by atoms with Crippen molar-refractivity contribution in [1.29, 1.82) is 0 Å². The third kappa shape index (κ3) is 1.73. The highest BCUT2D eigenvalue weighted by molar-refractivity contribution is 14.1. The fraction of sp³-hybridized carbons (Fsp3) is 0.176. The van der Waals surface area contributed by atoms with E-state index in [1.54, 1.807) is 5.57 Å². The van der Waals surface area contributed by atoms with Gasteiger partial charge >= 0.3 is 0 Å². The van der Waals surface area contributed by atoms with Crippen molar-refractivity contribution in [2.45, 2.75) is 12.5 Å². The monoisotopic (exact) mass is 359 g/mol. The van der Waals surface area contributed by atoms with Crippen LogP contribution in [0.5, 0.6) is 0 Å². The number of hydrogen-bond acceptors (Lipinski definition) is 1. The van der Waals surface area contributed by atoms with E-state index in [4.69, 9.17) is 0 Å². The molecule has 1 heterocycles. The topological polar surface area (TPSA) is 3.24 Å². The summed E-state index contributed by atoms with van der Waals surface area (Å²) < 4.78 is 1.35. The maximum Gasteiger partial charge on any atom is 0.0627 e. The molecule has 0 aromatic heterocycles. The molecule has 1 aliphatic heterocycles. The molecule has 0 spiro atoms. The van der Waals surface area contributed by atoms with Crippen LogP contribution in [0.15, 0.2) is 75.6 Å². The first-order chi connectivity index (χ1) is 9.34. The van der Waals surface area contributed by atoms with E-state index in [1.807, 2.05) is 0 Å². The van der Waals surface area contributed by atoms with Gasteiger partial charge in [0.15, 0.2) is 0 Å². The molecule has 1 aromatic carbocycles. The minimum absolute atomic E-state index is 0.455. The van der Waals surface area contributed by atoms with Gasteiger partial charge in [-0.15, -0.1) is 0 Å². The fourth-order valence-electron chi connectivity index (χ4n) is 3.30. The molecular formula is C17H14IN. The molecule has 1 nitrogen and oxygen atoms in total. The number of allylic oxidation sites excluding steroid dienone is 4. The van der Waals surface area contributed by atoms with Gasteiger partial charge in [0.25, 0.3) is 0 Å². The van der Waals surface area contributed by atoms with E-state index in [0.29, 0.717) is 12.0 Å². The van der Waals surface area contributed by atoms with E-state index in [2.05, 4.69) is 88.2 Å². The first kappa shape index (κ1) is 11.5. The first-order valence-corrected chi connectivity index (χ1v) is 7.72. The minimum Gasteiger partial charge on any atom is -0.334 e. The predicted octanol–water partition coefficient (Wildman–Crippen LogP) is 4.59. The van der Waals surface area contributed by atoms with Crippen molar-refractivity contribution in [1.82, 2.24) is 0 Å². The van der Waals surface area contributed by atoms with Gasteiger partial charge in [0.05, 0.1) is 6.04 Å². The third-order valence-electron chi connectivity index (χ3n) is 4.10. The molecular weight excluding hydrogens is 345 g/mol. The van der Waals surface area contributed by atoms with Crippen molar-refractivity contribution in [2.75, 3.05) is 4.90 Å². The van der Waals surface area contributed by atoms with Crippen LogP contribution in [-0.2, 0) is 0 Å². The van der Waals surface area contributed by atoms with Crippen molar-refractivity contribution in [3.05, 3.63) is 75.6 Å². The highest BCUT2D eigenvalue weighted by atomic mass is 127. The Balaban J connectivity index is 1.83. The Morgan fingerprint density at radius 3 is 2.79 bits per heavy atom. The second-order valence-electron chi connectivity index (χ2n) is 5.15. The van der Waals surface area contributed by atoms with E-state index in [-0.39, 0.29) is 0 Å². The number of anilines is 1. The number of fused-ring (bicyclic) bond motifs is 2. The third-order valence-corrected chi connectivity index (χ3v) is 4.82. The fourth-order valence-corrected chi connectivity index (χ4v) is 3.90. The molecule has 0 amide bonds. The number of nitrogens with zero attached hydrogens (tertiary/aromatic N) is 1. The SMILES string of the molecule is IC1=CC2C3=C(C=CC3)N(c3ccccc3)C2C=C1. The van der Waals surface area contributed by atoms with Gasteiger partial charge in [0.1, 0.15) is 0 Å². The Hall–Kier alpha value is -1.29. The van der Waals surface area contributed by atoms with E-state index in [9.17, 15) is 0 Å². The lowest BCUT2D eigenvalue weighted by molar-refractivity contribution is 0.666. The summed E-state index contributed by atoms with van der Waals surface area (Å²) in [6, 6.07) is 11.2. The lowest BCUT2D eigenvalue weighted by Crippen LogP contribution is -2.33. The number of hydrogen-bond donors (Lipinski definition) is 0. The van der Waals surface area contributed by atoms with Crippen LogP contribution in [-0.4, -0.2) is 6.04 Å². The van der Waals surface area contributed by atoms with Crippen LogP contribution in [0.4, 0.5) is 5.69 Å². The van der Waals surface area contributed by atoms with E-state index >= 15 is 0 Å². The van der Waals surface area contributed by atoms with Crippen LogP contribution in [0.2, 0.25) is 0 Å². The molecule has 2 heteroatoms. The molecule has 0 saturated carbocycles. The first-order valence-electron chi connectivity index (χ1n) is 6.64. The highest BCUT2D eigenvalue weighted by Crippen LogP contribution is 2.46. The van der Waals surface area contributed by atoms with Crippen LogP contribution in [0, 0.1) is 5.92 Å². The van der Waals surface area contributed by atoms with Crippen LogP contribution in [0.1, 0.15) is 6.42 Å². The number of benzene rings is 1. The molecule has 0 fully saturated rings. The molecule has 0 saturated heterocycles. The molecule has 0 bridgehead atoms. The number of halogens is 1. The van der Waals surface area contributed by atoms with E-state index in [0.717, 1.165) is 6.42 Å². The second kappa shape index (κ2) is 4.37. The van der Waals surface area contributed by atoms with Gasteiger partial charge < -0.3 is 4.90 Å². The van der Waals surface area contributed by atoms with Gasteiger partial charge in [-0.3, -0.25) is 0 Å². The molecule has 2 unspecified atom stereocenters. The Bertz CT molecular complexity index is 636. The Morgan fingerprint density at radius 1 is 1.11 bits per heavy atom. The van der Waals surface area contributed by atoms with Crippen molar-refractivity contribution in [3.63, 3.8) is 0 Å². The van der Waals surface area contributed by atoms with Crippen LogP contribution >= 0.6 is 22.6 Å². The average Bonchev–Trinajstić information content (AvgIpc) is 3.00. The van der Waals surface area contributed by atoms with Crippen molar-refractivity contribution < 1.29 is 0 Å². The molecule has 19 heavy (non-hydrogen) atoms. The Labute approximate surface area is 127 Å². The zero-order valence-corrected chi connectivity index (χ0v) is 12.6. The lowest BCUT2D eigenvalue weighted by Gasteiger charge is -2.31. The van der Waals surface area contributed by atoms with Crippen LogP contribution in [0.25, 0.3) is 0 Å². The summed E-state index contributed by atoms with van der Waals surface area (Å²) in [4.78, 5) is 2.49. The molecule has 0 N–H and O–H groups in total. The molecule has 94 valence electrons. The Kier molecular flexibility index (Phi) is 2.65. The molecule has 2 aliphatic carbocycles. The van der Waals surface area contributed by atoms with Crippen LogP contribution < -0.4 is 4.90 Å². The Morgan fingerprint density at radius 2 is 1.95 bits per heavy atom. The van der Waals surface area contributed by atoms with Crippen molar-refractivity contribution in [2.24, 2.45) is 5.92 Å². The molecule has 0 radical (unpaired) electrons. The number of rotatable bonds is 1. The van der Waals surface area contributed by atoms with Gasteiger partial charge in [-0.05, 0) is 52.8 Å². The average molecular weight is 359 g/mol. The predicted molar refractivity (Wildman–Crippen MR) is 88.2 cm³/mol. The largest absolute Gasteiger partial charge is 0.334 e. The summed E-state index contributed by atoms with van der Waals surface area (Å²) >= 11 is 2.42. The van der Waals surface area contributed by atoms with Gasteiger partial charge in [0.2, 0.25) is 0 Å². The van der Waals surface area contributed by atoms with Crippen molar-refractivity contribution >= 4 is 28.3 Å². The summed E-state index contributed by atoms with van der Waals surface area (Å²) in [6.07, 6.45) is 12.7. The summed E-state index contributed by atoms with van der Waals surface area (Å²) in [6.45, 7) is 0. The van der Waals surface area contributed by atoms with Gasteiger partial charge in [-0.25, -0.2) is 0 Å². The van der Waals surface area contributed by atoms with E-state index < -0.39 is 0 Å². The highest BCUT2D eigenvalue weighted by Gasteiger charge is 2.39. The lowest BCUT2D eigenvalue weighted by atomic mass is 9.90. The molecule has 4 rings (SSSR count). The zero-order valence-electron chi connectivity index (χ0n) is 10.5. The van der Waals surface area contributed by atoms with Crippen molar-refractivity contribution in [3.8, 4) is 0 Å². The maximum absolute atomic E-state index is 2.49. The maximum atomic E-state index is 2.49. The number of para-hydroxylation sites is 1. The zero-order chi connectivity index (χ0) is 12.8. The van der Waals surface area contributed by atoms with E-state index in [1.165, 1.54) is 15.0 Å². The van der Waals surface area contributed by atoms with Gasteiger partial charge in [-0.2, -0.15) is 0 Å². The normalized spacial score (nSPS) is 27.6. The summed E-state index contributed by atoms with van der Waals surface area (Å²) in [5.41, 5.74) is 4.28. The molecule has 2 atom stereocenters. The van der Waals surface area contributed by atoms with Gasteiger partial charge in [-0.1, -0.05) is 42.5 Å².